The monoisotopic (exact) mass is 803 g/mol. The normalized spacial score (nSPS) is 13.1. The van der Waals surface area contributed by atoms with Crippen molar-refractivity contribution in [3.05, 3.63) is 109 Å². The summed E-state index contributed by atoms with van der Waals surface area (Å²) in [7, 11) is 0. The zero-order valence-electron chi connectivity index (χ0n) is 37.0. The maximum absolute atomic E-state index is 12.7. The van der Waals surface area contributed by atoms with Crippen molar-refractivity contribution in [2.75, 3.05) is 13.2 Å². The number of ether oxygens (including phenoxy) is 3. The van der Waals surface area contributed by atoms with Crippen LogP contribution in [0.15, 0.2) is 109 Å². The van der Waals surface area contributed by atoms with Crippen LogP contribution in [0.4, 0.5) is 0 Å². The second-order valence-corrected chi connectivity index (χ2v) is 14.7. The summed E-state index contributed by atoms with van der Waals surface area (Å²) in [5.41, 5.74) is 0. The van der Waals surface area contributed by atoms with Crippen molar-refractivity contribution in [2.45, 2.75) is 187 Å². The highest BCUT2D eigenvalue weighted by Crippen LogP contribution is 2.11. The average Bonchev–Trinajstić information content (AvgIpc) is 3.22. The van der Waals surface area contributed by atoms with Crippen LogP contribution in [-0.4, -0.2) is 37.2 Å². The Morgan fingerprint density at radius 1 is 0.397 bits per heavy atom. The predicted molar refractivity (Wildman–Crippen MR) is 247 cm³/mol. The lowest BCUT2D eigenvalue weighted by atomic mass is 10.1. The van der Waals surface area contributed by atoms with E-state index in [4.69, 9.17) is 14.2 Å². The molecule has 0 aromatic carbocycles. The molecule has 6 nitrogen and oxygen atoms in total. The van der Waals surface area contributed by atoms with E-state index in [0.717, 1.165) is 77.0 Å². The summed E-state index contributed by atoms with van der Waals surface area (Å²) in [5, 5.41) is 0. The molecule has 0 amide bonds. The highest BCUT2D eigenvalue weighted by atomic mass is 16.6. The molecular weight excluding hydrogens is 721 g/mol. The Hall–Kier alpha value is -3.93. The molecule has 0 heterocycles. The summed E-state index contributed by atoms with van der Waals surface area (Å²) in [6, 6.07) is 0. The highest BCUT2D eigenvalue weighted by molar-refractivity contribution is 5.72. The van der Waals surface area contributed by atoms with Crippen molar-refractivity contribution in [3.63, 3.8) is 0 Å². The maximum Gasteiger partial charge on any atom is 0.309 e. The van der Waals surface area contributed by atoms with Crippen molar-refractivity contribution >= 4 is 17.9 Å². The van der Waals surface area contributed by atoms with Gasteiger partial charge in [0.05, 0.1) is 6.42 Å². The fourth-order valence-electron chi connectivity index (χ4n) is 5.68. The van der Waals surface area contributed by atoms with Gasteiger partial charge >= 0.3 is 17.9 Å². The molecule has 0 saturated carbocycles. The molecule has 0 aliphatic heterocycles. The van der Waals surface area contributed by atoms with Gasteiger partial charge in [-0.1, -0.05) is 194 Å². The van der Waals surface area contributed by atoms with E-state index in [0.29, 0.717) is 12.8 Å². The van der Waals surface area contributed by atoms with Crippen molar-refractivity contribution < 1.29 is 28.6 Å². The highest BCUT2D eigenvalue weighted by Gasteiger charge is 2.19. The van der Waals surface area contributed by atoms with Crippen molar-refractivity contribution in [3.8, 4) is 0 Å². The molecule has 1 atom stereocenters. The van der Waals surface area contributed by atoms with Gasteiger partial charge in [0.2, 0.25) is 0 Å². The minimum absolute atomic E-state index is 0.116. The van der Waals surface area contributed by atoms with Gasteiger partial charge in [0.25, 0.3) is 0 Å². The van der Waals surface area contributed by atoms with Crippen LogP contribution in [0, 0.1) is 0 Å². The van der Waals surface area contributed by atoms with E-state index in [1.807, 2.05) is 12.2 Å². The van der Waals surface area contributed by atoms with Crippen LogP contribution in [0.25, 0.3) is 0 Å². The molecule has 0 saturated heterocycles. The second kappa shape index (κ2) is 45.8. The van der Waals surface area contributed by atoms with Gasteiger partial charge in [-0.3, -0.25) is 14.4 Å². The summed E-state index contributed by atoms with van der Waals surface area (Å²) in [5.74, 6) is -1.17. The first kappa shape index (κ1) is 54.1. The van der Waals surface area contributed by atoms with Crippen LogP contribution in [0.3, 0.4) is 0 Å². The van der Waals surface area contributed by atoms with Gasteiger partial charge in [0.1, 0.15) is 13.2 Å². The maximum atomic E-state index is 12.7. The zero-order chi connectivity index (χ0) is 42.3. The standard InChI is InChI=1S/C52H82O6/c1-4-7-10-13-16-19-21-23-24-25-26-27-29-30-33-36-39-42-45-51(54)57-48-49(47-56-50(53)44-41-38-35-32-18-15-12-9-6-3)58-52(55)46-43-40-37-34-31-28-22-20-17-14-11-8-5-2/h9,12,16,18-19,21,23-28,31-32,37-38,40-41,49H,4-8,10-11,13-15,17,20,22,29-30,33-36,39,42-48H2,1-3H3/b12-9-,19-16-,23-21-,25-24-,27-26-,31-28-,32-18-,40-37-,41-38-. The first-order chi connectivity index (χ1) is 28.5. The van der Waals surface area contributed by atoms with Crippen molar-refractivity contribution in [1.29, 1.82) is 0 Å². The molecule has 0 bridgehead atoms. The quantitative estimate of drug-likeness (QED) is 0.0202. The van der Waals surface area contributed by atoms with Gasteiger partial charge in [-0.2, -0.15) is 0 Å². The number of rotatable bonds is 39. The molecule has 0 spiro atoms. The van der Waals surface area contributed by atoms with Gasteiger partial charge in [0, 0.05) is 12.8 Å². The molecule has 326 valence electrons. The predicted octanol–water partition coefficient (Wildman–Crippen LogP) is 14.8. The van der Waals surface area contributed by atoms with Gasteiger partial charge in [-0.05, 0) is 77.0 Å². The summed E-state index contributed by atoms with van der Waals surface area (Å²) in [6.45, 7) is 6.27. The molecule has 0 fully saturated rings. The molecule has 58 heavy (non-hydrogen) atoms. The third-order valence-electron chi connectivity index (χ3n) is 9.12. The first-order valence-electron chi connectivity index (χ1n) is 22.9. The molecule has 0 aliphatic carbocycles. The minimum Gasteiger partial charge on any atom is -0.462 e. The smallest absolute Gasteiger partial charge is 0.309 e. The molecule has 0 rings (SSSR count). The van der Waals surface area contributed by atoms with Crippen LogP contribution in [0.1, 0.15) is 181 Å². The van der Waals surface area contributed by atoms with E-state index >= 15 is 0 Å². The molecule has 6 heteroatoms. The SMILES string of the molecule is CC/C=C\C/C=C\C/C=C\CC(=O)OCC(COC(=O)CCCCCCC\C=C/C=C\C=C/C=C\CCCCC)OC(=O)CC/C=C\C/C=C\CCCCCCCC. The number of unbranched alkanes of at least 4 members (excludes halogenated alkanes) is 14. The van der Waals surface area contributed by atoms with Crippen LogP contribution >= 0.6 is 0 Å². The minimum atomic E-state index is -0.853. The van der Waals surface area contributed by atoms with E-state index < -0.39 is 18.0 Å². The summed E-state index contributed by atoms with van der Waals surface area (Å²) in [6.07, 6.45) is 61.1. The third kappa shape index (κ3) is 43.2. The molecule has 0 N–H and O–H groups in total. The second-order valence-electron chi connectivity index (χ2n) is 14.7. The molecular formula is C52H82O6. The number of carbonyl (C=O) groups excluding carboxylic acids is 3. The molecule has 1 unspecified atom stereocenters. The zero-order valence-corrected chi connectivity index (χ0v) is 37.0. The molecule has 0 radical (unpaired) electrons. The van der Waals surface area contributed by atoms with E-state index in [2.05, 4.69) is 112 Å². The third-order valence-corrected chi connectivity index (χ3v) is 9.12. The van der Waals surface area contributed by atoms with Crippen molar-refractivity contribution in [2.24, 2.45) is 0 Å². The van der Waals surface area contributed by atoms with Gasteiger partial charge in [-0.25, -0.2) is 0 Å². The summed E-state index contributed by atoms with van der Waals surface area (Å²) >= 11 is 0. The van der Waals surface area contributed by atoms with Crippen LogP contribution in [0.2, 0.25) is 0 Å². The van der Waals surface area contributed by atoms with Crippen LogP contribution in [0.5, 0.6) is 0 Å². The van der Waals surface area contributed by atoms with Crippen LogP contribution in [-0.2, 0) is 28.6 Å². The summed E-state index contributed by atoms with van der Waals surface area (Å²) in [4.78, 5) is 37.6. The van der Waals surface area contributed by atoms with Gasteiger partial charge in [-0.15, -0.1) is 0 Å². The Bertz CT molecular complexity index is 1240. The van der Waals surface area contributed by atoms with Crippen LogP contribution < -0.4 is 0 Å². The van der Waals surface area contributed by atoms with E-state index in [1.54, 1.807) is 6.08 Å². The van der Waals surface area contributed by atoms with Gasteiger partial charge < -0.3 is 14.2 Å². The number of hydrogen-bond donors (Lipinski definition) is 0. The topological polar surface area (TPSA) is 78.9 Å². The molecule has 0 aromatic heterocycles. The Morgan fingerprint density at radius 2 is 0.845 bits per heavy atom. The Balaban J connectivity index is 4.54. The fourth-order valence-corrected chi connectivity index (χ4v) is 5.68. The molecule has 0 aromatic rings. The molecule has 0 aliphatic rings. The Kier molecular flexibility index (Phi) is 42.7. The number of esters is 3. The number of carbonyl (C=O) groups is 3. The van der Waals surface area contributed by atoms with E-state index in [9.17, 15) is 14.4 Å². The first-order valence-corrected chi connectivity index (χ1v) is 22.9. The number of hydrogen-bond acceptors (Lipinski definition) is 6. The lowest BCUT2D eigenvalue weighted by Crippen LogP contribution is -2.30. The van der Waals surface area contributed by atoms with Crippen molar-refractivity contribution in [1.82, 2.24) is 0 Å². The Morgan fingerprint density at radius 3 is 1.47 bits per heavy atom. The van der Waals surface area contributed by atoms with E-state index in [1.165, 1.54) is 57.8 Å². The van der Waals surface area contributed by atoms with Gasteiger partial charge in [0.15, 0.2) is 6.10 Å². The lowest BCUT2D eigenvalue weighted by molar-refractivity contribution is -0.166. The largest absolute Gasteiger partial charge is 0.462 e. The Labute approximate surface area is 355 Å². The number of allylic oxidation sites excluding steroid dienone is 17. The lowest BCUT2D eigenvalue weighted by Gasteiger charge is -2.18. The fraction of sp³-hybridized carbons (Fsp3) is 0.596. The van der Waals surface area contributed by atoms with E-state index in [-0.39, 0.29) is 32.0 Å². The summed E-state index contributed by atoms with van der Waals surface area (Å²) < 4.78 is 16.5. The average molecular weight is 803 g/mol.